The number of cyclic esters (lactones) is 1. The summed E-state index contributed by atoms with van der Waals surface area (Å²) in [6, 6.07) is 5.29. The summed E-state index contributed by atoms with van der Waals surface area (Å²) >= 11 is 6.01. The molecule has 4 nitrogen and oxygen atoms in total. The average molecular weight is 242 g/mol. The van der Waals surface area contributed by atoms with E-state index in [1.807, 2.05) is 13.0 Å². The molecule has 1 aliphatic heterocycles. The summed E-state index contributed by atoms with van der Waals surface area (Å²) in [5.41, 5.74) is 0.858. The molecule has 1 aromatic carbocycles. The molecular formula is C11H12ClNO3. The third-order valence-corrected chi connectivity index (χ3v) is 2.83. The highest BCUT2D eigenvalue weighted by Crippen LogP contribution is 2.32. The van der Waals surface area contributed by atoms with E-state index in [4.69, 9.17) is 21.1 Å². The quantitative estimate of drug-likeness (QED) is 0.866. The fraction of sp³-hybridized carbons (Fsp3) is 0.364. The zero-order valence-electron chi connectivity index (χ0n) is 8.99. The molecule has 0 aliphatic carbocycles. The first-order valence-electron chi connectivity index (χ1n) is 4.92. The van der Waals surface area contributed by atoms with Crippen LogP contribution in [0.3, 0.4) is 0 Å². The SMILES string of the molecule is COc1ccc([C@H]2OC(=O)N[C@H]2C)cc1Cl. The van der Waals surface area contributed by atoms with Gasteiger partial charge in [0, 0.05) is 0 Å². The van der Waals surface area contributed by atoms with Crippen molar-refractivity contribution in [2.24, 2.45) is 0 Å². The summed E-state index contributed by atoms with van der Waals surface area (Å²) in [6.45, 7) is 1.88. The standard InChI is InChI=1S/C11H12ClNO3/c1-6-10(16-11(14)13-6)7-3-4-9(15-2)8(12)5-7/h3-6,10H,1-2H3,(H,13,14)/t6-,10-/m0/s1. The van der Waals surface area contributed by atoms with Crippen LogP contribution in [0.1, 0.15) is 18.6 Å². The lowest BCUT2D eigenvalue weighted by Crippen LogP contribution is -2.23. The van der Waals surface area contributed by atoms with Gasteiger partial charge in [-0.1, -0.05) is 17.7 Å². The smallest absolute Gasteiger partial charge is 0.408 e. The van der Waals surface area contributed by atoms with Gasteiger partial charge in [-0.25, -0.2) is 4.79 Å². The van der Waals surface area contributed by atoms with Gasteiger partial charge in [-0.05, 0) is 24.6 Å². The normalized spacial score (nSPS) is 23.8. The van der Waals surface area contributed by atoms with Crippen LogP contribution in [0.15, 0.2) is 18.2 Å². The molecule has 0 radical (unpaired) electrons. The maximum Gasteiger partial charge on any atom is 0.408 e. The zero-order valence-corrected chi connectivity index (χ0v) is 9.75. The van der Waals surface area contributed by atoms with E-state index in [0.29, 0.717) is 10.8 Å². The highest BCUT2D eigenvalue weighted by molar-refractivity contribution is 6.32. The van der Waals surface area contributed by atoms with Crippen LogP contribution in [-0.2, 0) is 4.74 Å². The lowest BCUT2D eigenvalue weighted by atomic mass is 10.0. The fourth-order valence-corrected chi connectivity index (χ4v) is 2.00. The molecule has 2 rings (SSSR count). The molecule has 0 bridgehead atoms. The van der Waals surface area contributed by atoms with Crippen LogP contribution < -0.4 is 10.1 Å². The number of carbonyl (C=O) groups is 1. The number of ether oxygens (including phenoxy) is 2. The van der Waals surface area contributed by atoms with E-state index in [-0.39, 0.29) is 12.1 Å². The van der Waals surface area contributed by atoms with Crippen molar-refractivity contribution in [2.45, 2.75) is 19.1 Å². The number of rotatable bonds is 2. The Labute approximate surface area is 98.5 Å². The van der Waals surface area contributed by atoms with Crippen molar-refractivity contribution in [1.82, 2.24) is 5.32 Å². The van der Waals surface area contributed by atoms with E-state index < -0.39 is 6.09 Å². The van der Waals surface area contributed by atoms with E-state index in [1.165, 1.54) is 0 Å². The molecule has 0 saturated carbocycles. The molecule has 1 saturated heterocycles. The average Bonchev–Trinajstić information content (AvgIpc) is 2.58. The molecule has 2 atom stereocenters. The number of carbonyl (C=O) groups excluding carboxylic acids is 1. The summed E-state index contributed by atoms with van der Waals surface area (Å²) in [7, 11) is 1.56. The predicted octanol–water partition coefficient (Wildman–Crippen LogP) is 2.52. The first-order valence-corrected chi connectivity index (χ1v) is 5.30. The molecule has 1 N–H and O–H groups in total. The second-order valence-corrected chi connectivity index (χ2v) is 4.06. The molecule has 0 unspecified atom stereocenters. The van der Waals surface area contributed by atoms with Crippen LogP contribution in [-0.4, -0.2) is 19.2 Å². The molecule has 1 amide bonds. The van der Waals surface area contributed by atoms with E-state index in [2.05, 4.69) is 5.32 Å². The van der Waals surface area contributed by atoms with Gasteiger partial charge in [0.15, 0.2) is 0 Å². The minimum atomic E-state index is -0.399. The first kappa shape index (κ1) is 11.1. The Balaban J connectivity index is 2.28. The Morgan fingerprint density at radius 1 is 1.50 bits per heavy atom. The predicted molar refractivity (Wildman–Crippen MR) is 59.8 cm³/mol. The number of alkyl carbamates (subject to hydrolysis) is 1. The van der Waals surface area contributed by atoms with E-state index in [0.717, 1.165) is 5.56 Å². The number of amides is 1. The van der Waals surface area contributed by atoms with Crippen molar-refractivity contribution in [1.29, 1.82) is 0 Å². The van der Waals surface area contributed by atoms with E-state index >= 15 is 0 Å². The van der Waals surface area contributed by atoms with Crippen LogP contribution in [0.4, 0.5) is 4.79 Å². The second kappa shape index (κ2) is 4.22. The summed E-state index contributed by atoms with van der Waals surface area (Å²) in [5.74, 6) is 0.607. The number of hydrogen-bond acceptors (Lipinski definition) is 3. The molecular weight excluding hydrogens is 230 g/mol. The lowest BCUT2D eigenvalue weighted by Gasteiger charge is -2.14. The molecule has 86 valence electrons. The van der Waals surface area contributed by atoms with Crippen molar-refractivity contribution < 1.29 is 14.3 Å². The monoisotopic (exact) mass is 241 g/mol. The summed E-state index contributed by atoms with van der Waals surface area (Å²) in [6.07, 6.45) is -0.694. The summed E-state index contributed by atoms with van der Waals surface area (Å²) in [4.78, 5) is 11.1. The molecule has 16 heavy (non-hydrogen) atoms. The summed E-state index contributed by atoms with van der Waals surface area (Å²) < 4.78 is 10.2. The molecule has 1 fully saturated rings. The summed E-state index contributed by atoms with van der Waals surface area (Å²) in [5, 5.41) is 3.19. The van der Waals surface area contributed by atoms with Crippen molar-refractivity contribution in [3.05, 3.63) is 28.8 Å². The van der Waals surface area contributed by atoms with Crippen LogP contribution in [0.5, 0.6) is 5.75 Å². The van der Waals surface area contributed by atoms with E-state index in [9.17, 15) is 4.79 Å². The minimum absolute atomic E-state index is 0.0584. The first-order chi connectivity index (χ1) is 7.61. The maximum atomic E-state index is 11.1. The molecule has 5 heteroatoms. The van der Waals surface area contributed by atoms with Crippen molar-refractivity contribution in [3.8, 4) is 5.75 Å². The number of hydrogen-bond donors (Lipinski definition) is 1. The fourth-order valence-electron chi connectivity index (χ4n) is 1.73. The van der Waals surface area contributed by atoms with Gasteiger partial charge in [0.25, 0.3) is 0 Å². The minimum Gasteiger partial charge on any atom is -0.495 e. The third kappa shape index (κ3) is 1.93. The topological polar surface area (TPSA) is 47.6 Å². The number of halogens is 1. The highest BCUT2D eigenvalue weighted by Gasteiger charge is 2.32. The molecule has 1 heterocycles. The van der Waals surface area contributed by atoms with Crippen LogP contribution >= 0.6 is 11.6 Å². The van der Waals surface area contributed by atoms with Crippen molar-refractivity contribution in [3.63, 3.8) is 0 Å². The molecule has 1 aromatic rings. The van der Waals surface area contributed by atoms with Crippen molar-refractivity contribution in [2.75, 3.05) is 7.11 Å². The van der Waals surface area contributed by atoms with Gasteiger partial charge in [-0.2, -0.15) is 0 Å². The zero-order chi connectivity index (χ0) is 11.7. The third-order valence-electron chi connectivity index (χ3n) is 2.54. The number of methoxy groups -OCH3 is 1. The van der Waals surface area contributed by atoms with Crippen LogP contribution in [0, 0.1) is 0 Å². The maximum absolute atomic E-state index is 11.1. The van der Waals surface area contributed by atoms with E-state index in [1.54, 1.807) is 19.2 Å². The Morgan fingerprint density at radius 2 is 2.25 bits per heavy atom. The van der Waals surface area contributed by atoms with Gasteiger partial charge < -0.3 is 14.8 Å². The Morgan fingerprint density at radius 3 is 2.75 bits per heavy atom. The number of nitrogens with one attached hydrogen (secondary N) is 1. The van der Waals surface area contributed by atoms with Gasteiger partial charge in [0.05, 0.1) is 18.2 Å². The van der Waals surface area contributed by atoms with Crippen molar-refractivity contribution >= 4 is 17.7 Å². The lowest BCUT2D eigenvalue weighted by molar-refractivity contribution is 0.134. The molecule has 0 aromatic heterocycles. The van der Waals surface area contributed by atoms with Gasteiger partial charge in [-0.3, -0.25) is 0 Å². The highest BCUT2D eigenvalue weighted by atomic mass is 35.5. The van der Waals surface area contributed by atoms with Crippen LogP contribution in [0.25, 0.3) is 0 Å². The largest absolute Gasteiger partial charge is 0.495 e. The number of benzene rings is 1. The Kier molecular flexibility index (Phi) is 2.92. The Bertz CT molecular complexity index is 422. The molecule has 1 aliphatic rings. The molecule has 0 spiro atoms. The van der Waals surface area contributed by atoms with Gasteiger partial charge in [0.2, 0.25) is 0 Å². The van der Waals surface area contributed by atoms with Gasteiger partial charge in [0.1, 0.15) is 11.9 Å². The van der Waals surface area contributed by atoms with Gasteiger partial charge in [-0.15, -0.1) is 0 Å². The van der Waals surface area contributed by atoms with Gasteiger partial charge >= 0.3 is 6.09 Å². The van der Waals surface area contributed by atoms with Crippen LogP contribution in [0.2, 0.25) is 5.02 Å². The second-order valence-electron chi connectivity index (χ2n) is 3.65. The Hall–Kier alpha value is -1.42.